The summed E-state index contributed by atoms with van der Waals surface area (Å²) in [5.41, 5.74) is 0. The monoisotopic (exact) mass is 145 g/mol. The molecule has 1 atom stereocenters. The van der Waals surface area contributed by atoms with E-state index in [0.717, 1.165) is 12.8 Å². The molecular weight excluding hydrogens is 126 g/mol. The lowest BCUT2D eigenvalue weighted by molar-refractivity contribution is -0.167. The van der Waals surface area contributed by atoms with Crippen LogP contribution in [0.5, 0.6) is 0 Å². The van der Waals surface area contributed by atoms with Gasteiger partial charge in [0.1, 0.15) is 0 Å². The van der Waals surface area contributed by atoms with Crippen molar-refractivity contribution in [1.29, 1.82) is 0 Å². The van der Waals surface area contributed by atoms with Gasteiger partial charge in [-0.25, -0.2) is 0 Å². The van der Waals surface area contributed by atoms with Crippen LogP contribution in [0, 0.1) is 0 Å². The lowest BCUT2D eigenvalue weighted by Gasteiger charge is -2.19. The summed E-state index contributed by atoms with van der Waals surface area (Å²) in [4.78, 5) is 5.47. The highest BCUT2D eigenvalue weighted by atomic mass is 16.7. The van der Waals surface area contributed by atoms with Gasteiger partial charge in [-0.2, -0.15) is 5.06 Å². The first-order chi connectivity index (χ1) is 4.70. The van der Waals surface area contributed by atoms with Gasteiger partial charge in [0, 0.05) is 14.1 Å². The minimum atomic E-state index is 0.417. The fourth-order valence-electron chi connectivity index (χ4n) is 0.951. The van der Waals surface area contributed by atoms with Crippen LogP contribution in [0.15, 0.2) is 0 Å². The van der Waals surface area contributed by atoms with E-state index in [1.807, 2.05) is 14.1 Å². The highest BCUT2D eigenvalue weighted by Gasteiger charge is 2.05. The maximum Gasteiger partial charge on any atom is 0.0790 e. The molecule has 0 spiro atoms. The molecule has 0 fully saturated rings. The van der Waals surface area contributed by atoms with Crippen LogP contribution in [0.3, 0.4) is 0 Å². The van der Waals surface area contributed by atoms with E-state index in [-0.39, 0.29) is 0 Å². The second-order valence-electron chi connectivity index (χ2n) is 2.74. The molecule has 1 unspecified atom stereocenters. The van der Waals surface area contributed by atoms with Crippen LogP contribution in [-0.2, 0) is 4.84 Å². The van der Waals surface area contributed by atoms with Crippen molar-refractivity contribution < 1.29 is 4.84 Å². The molecule has 0 saturated heterocycles. The number of nitrogens with zero attached hydrogens (tertiary/aromatic N) is 1. The Morgan fingerprint density at radius 2 is 1.90 bits per heavy atom. The maximum absolute atomic E-state index is 5.47. The molecule has 0 N–H and O–H groups in total. The maximum atomic E-state index is 5.47. The molecule has 0 aromatic rings. The highest BCUT2D eigenvalue weighted by Crippen LogP contribution is 2.06. The fourth-order valence-corrected chi connectivity index (χ4v) is 0.951. The topological polar surface area (TPSA) is 12.5 Å². The molecule has 0 aliphatic rings. The zero-order chi connectivity index (χ0) is 7.98. The Morgan fingerprint density at radius 3 is 2.20 bits per heavy atom. The summed E-state index contributed by atoms with van der Waals surface area (Å²) in [7, 11) is 3.86. The van der Waals surface area contributed by atoms with Crippen molar-refractivity contribution in [3.8, 4) is 0 Å². The van der Waals surface area contributed by atoms with E-state index in [1.54, 1.807) is 5.06 Å². The number of hydrogen-bond acceptors (Lipinski definition) is 2. The minimum absolute atomic E-state index is 0.417. The summed E-state index contributed by atoms with van der Waals surface area (Å²) in [5, 5.41) is 1.78. The largest absolute Gasteiger partial charge is 0.296 e. The van der Waals surface area contributed by atoms with Gasteiger partial charge in [0.25, 0.3) is 0 Å². The van der Waals surface area contributed by atoms with Crippen molar-refractivity contribution in [2.45, 2.75) is 39.2 Å². The standard InChI is InChI=1S/C8H19NO/c1-5-7-8(6-2)10-9(3)4/h8H,5-7H2,1-4H3. The molecule has 0 amide bonds. The molecule has 2 heteroatoms. The van der Waals surface area contributed by atoms with Gasteiger partial charge in [0.05, 0.1) is 6.10 Å². The SMILES string of the molecule is CCCC(CC)ON(C)C. The Kier molecular flexibility index (Phi) is 5.64. The van der Waals surface area contributed by atoms with E-state index >= 15 is 0 Å². The molecule has 0 bridgehead atoms. The second-order valence-corrected chi connectivity index (χ2v) is 2.74. The van der Waals surface area contributed by atoms with Crippen molar-refractivity contribution in [1.82, 2.24) is 5.06 Å². The first-order valence-corrected chi connectivity index (χ1v) is 4.04. The molecule has 0 rings (SSSR count). The van der Waals surface area contributed by atoms with Gasteiger partial charge in [-0.1, -0.05) is 20.3 Å². The lowest BCUT2D eigenvalue weighted by atomic mass is 10.2. The molecule has 0 aromatic carbocycles. The summed E-state index contributed by atoms with van der Waals surface area (Å²) in [6.07, 6.45) is 3.88. The normalized spacial score (nSPS) is 14.1. The average Bonchev–Trinajstić information content (AvgIpc) is 1.86. The Labute approximate surface area is 64.1 Å². The first kappa shape index (κ1) is 9.92. The van der Waals surface area contributed by atoms with Crippen LogP contribution in [0.25, 0.3) is 0 Å². The third kappa shape index (κ3) is 4.77. The summed E-state index contributed by atoms with van der Waals surface area (Å²) in [6, 6.07) is 0. The van der Waals surface area contributed by atoms with Gasteiger partial charge < -0.3 is 0 Å². The Hall–Kier alpha value is -0.0800. The van der Waals surface area contributed by atoms with E-state index < -0.39 is 0 Å². The van der Waals surface area contributed by atoms with Gasteiger partial charge in [0.2, 0.25) is 0 Å². The number of rotatable bonds is 5. The van der Waals surface area contributed by atoms with Gasteiger partial charge >= 0.3 is 0 Å². The molecule has 0 aromatic heterocycles. The third-order valence-corrected chi connectivity index (χ3v) is 1.43. The molecule has 0 saturated carbocycles. The summed E-state index contributed by atoms with van der Waals surface area (Å²) >= 11 is 0. The zero-order valence-corrected chi connectivity index (χ0v) is 7.55. The highest BCUT2D eigenvalue weighted by molar-refractivity contribution is 4.51. The molecule has 10 heavy (non-hydrogen) atoms. The van der Waals surface area contributed by atoms with Crippen molar-refractivity contribution in [3.63, 3.8) is 0 Å². The zero-order valence-electron chi connectivity index (χ0n) is 7.55. The van der Waals surface area contributed by atoms with Crippen molar-refractivity contribution >= 4 is 0 Å². The fraction of sp³-hybridized carbons (Fsp3) is 1.00. The van der Waals surface area contributed by atoms with Crippen molar-refractivity contribution in [2.75, 3.05) is 14.1 Å². The molecule has 0 heterocycles. The molecule has 0 radical (unpaired) electrons. The quantitative estimate of drug-likeness (QED) is 0.549. The Balaban J connectivity index is 3.39. The van der Waals surface area contributed by atoms with Gasteiger partial charge in [-0.05, 0) is 12.8 Å². The van der Waals surface area contributed by atoms with E-state index in [9.17, 15) is 0 Å². The third-order valence-electron chi connectivity index (χ3n) is 1.43. The number of hydrogen-bond donors (Lipinski definition) is 0. The summed E-state index contributed by atoms with van der Waals surface area (Å²) < 4.78 is 0. The predicted octanol–water partition coefficient (Wildman–Crippen LogP) is 2.06. The number of hydroxylamine groups is 2. The van der Waals surface area contributed by atoms with E-state index in [1.165, 1.54) is 6.42 Å². The van der Waals surface area contributed by atoms with Crippen LogP contribution in [0.1, 0.15) is 33.1 Å². The van der Waals surface area contributed by atoms with Crippen LogP contribution < -0.4 is 0 Å². The molecule has 0 aliphatic heterocycles. The second kappa shape index (κ2) is 5.69. The smallest absolute Gasteiger partial charge is 0.0790 e. The van der Waals surface area contributed by atoms with Gasteiger partial charge in [0.15, 0.2) is 0 Å². The average molecular weight is 145 g/mol. The van der Waals surface area contributed by atoms with Crippen LogP contribution >= 0.6 is 0 Å². The molecule has 2 nitrogen and oxygen atoms in total. The minimum Gasteiger partial charge on any atom is -0.296 e. The van der Waals surface area contributed by atoms with Crippen LogP contribution in [0.2, 0.25) is 0 Å². The van der Waals surface area contributed by atoms with Crippen molar-refractivity contribution in [3.05, 3.63) is 0 Å². The molecular formula is C8H19NO. The van der Waals surface area contributed by atoms with E-state index in [0.29, 0.717) is 6.10 Å². The van der Waals surface area contributed by atoms with E-state index in [2.05, 4.69) is 13.8 Å². The first-order valence-electron chi connectivity index (χ1n) is 4.04. The molecule has 62 valence electrons. The summed E-state index contributed by atoms with van der Waals surface area (Å²) in [6.45, 7) is 4.34. The van der Waals surface area contributed by atoms with Gasteiger partial charge in [-0.15, -0.1) is 0 Å². The Morgan fingerprint density at radius 1 is 1.30 bits per heavy atom. The molecule has 0 aliphatic carbocycles. The van der Waals surface area contributed by atoms with Crippen LogP contribution in [-0.4, -0.2) is 25.3 Å². The summed E-state index contributed by atoms with van der Waals surface area (Å²) in [5.74, 6) is 0. The Bertz CT molecular complexity index is 73.7. The van der Waals surface area contributed by atoms with Crippen molar-refractivity contribution in [2.24, 2.45) is 0 Å². The van der Waals surface area contributed by atoms with E-state index in [4.69, 9.17) is 4.84 Å². The van der Waals surface area contributed by atoms with Gasteiger partial charge in [-0.3, -0.25) is 4.84 Å². The lowest BCUT2D eigenvalue weighted by Crippen LogP contribution is -2.22. The predicted molar refractivity (Wildman–Crippen MR) is 43.8 cm³/mol. The van der Waals surface area contributed by atoms with Crippen LogP contribution in [0.4, 0.5) is 0 Å².